The van der Waals surface area contributed by atoms with Crippen LogP contribution in [0, 0.1) is 6.92 Å². The third-order valence-electron chi connectivity index (χ3n) is 16.8. The molecule has 0 radical (unpaired) electrons. The second-order valence-corrected chi connectivity index (χ2v) is 37.9. The molecule has 0 amide bonds. The van der Waals surface area contributed by atoms with E-state index >= 15 is 0 Å². The predicted molar refractivity (Wildman–Crippen MR) is 87.9 cm³/mol. The van der Waals surface area contributed by atoms with Crippen LogP contribution in [0.5, 0.6) is 0 Å². The smallest absolute Gasteiger partial charge is 0.124 e. The van der Waals surface area contributed by atoms with E-state index in [1.807, 2.05) is 6.92 Å². The molecule has 11 rings (SSSR count). The number of aryl methyl sites for hydroxylation is 1. The molecule has 5 unspecified atom stereocenters. The summed E-state index contributed by atoms with van der Waals surface area (Å²) in [5, 5.41) is 0. The van der Waals surface area contributed by atoms with Crippen LogP contribution in [-0.2, 0) is 16.6 Å². The number of fused-ring (bicyclic) bond motifs is 10. The minimum absolute atomic E-state index is 0.178. The summed E-state index contributed by atoms with van der Waals surface area (Å²) in [6.07, 6.45) is 0. The second kappa shape index (κ2) is 1.29. The van der Waals surface area contributed by atoms with Crippen LogP contribution in [0.15, 0.2) is 29.2 Å². The van der Waals surface area contributed by atoms with Gasteiger partial charge in [0.2, 0.25) is 0 Å². The Morgan fingerprint density at radius 3 is 1.64 bits per heavy atom. The molecule has 10 aliphatic heterocycles. The Morgan fingerprint density at radius 1 is 1.00 bits per heavy atom. The summed E-state index contributed by atoms with van der Waals surface area (Å²) in [7, 11) is -4.27. The second-order valence-electron chi connectivity index (χ2n) is 12.9. The average Bonchev–Trinajstić information content (AvgIpc) is 3.47. The first kappa shape index (κ1) is 12.1. The summed E-state index contributed by atoms with van der Waals surface area (Å²) in [5.41, 5.74) is 5.49. The van der Waals surface area contributed by atoms with E-state index in [4.69, 9.17) is 0 Å². The van der Waals surface area contributed by atoms with Crippen LogP contribution in [-0.4, -0.2) is 19.0 Å². The molecule has 0 aliphatic carbocycles. The van der Waals surface area contributed by atoms with Gasteiger partial charge >= 0.3 is 72.9 Å². The molecule has 1 aromatic rings. The van der Waals surface area contributed by atoms with E-state index in [9.17, 15) is 13.0 Å². The maximum Gasteiger partial charge on any atom is 0.124 e. The minimum Gasteiger partial charge on any atom is -0.744 e. The molecule has 4 nitrogen and oxygen atoms in total. The zero-order valence-electron chi connectivity index (χ0n) is 14.3. The van der Waals surface area contributed by atoms with Crippen LogP contribution >= 0.6 is 0 Å². The number of quaternary nitrogens is 1. The summed E-state index contributed by atoms with van der Waals surface area (Å²) in [5.74, 6) is 0. The van der Waals surface area contributed by atoms with Crippen molar-refractivity contribution in [2.75, 3.05) is 0 Å². The zero-order valence-corrected chi connectivity index (χ0v) is 16.2. The van der Waals surface area contributed by atoms with Crippen molar-refractivity contribution in [1.29, 1.82) is 0 Å². The molecule has 136 valence electrons. The van der Waals surface area contributed by atoms with E-state index in [0.717, 1.165) is 15.9 Å². The molecule has 1 spiro atoms. The summed E-state index contributed by atoms with van der Waals surface area (Å²) < 4.78 is 32.2. The molecule has 10 aliphatic rings. The van der Waals surface area contributed by atoms with Gasteiger partial charge in [-0.3, -0.25) is 0 Å². The van der Waals surface area contributed by atoms with Gasteiger partial charge in [-0.2, -0.15) is 0 Å². The Labute approximate surface area is 137 Å². The van der Waals surface area contributed by atoms with Gasteiger partial charge in [0.25, 0.3) is 0 Å². The number of hydrogen-bond acceptors (Lipinski definition) is 3. The number of hydrogen-bond donors (Lipinski definition) is 1. The van der Waals surface area contributed by atoms with Gasteiger partial charge in [0, 0.05) is 0 Å². The predicted octanol–water partition coefficient (Wildman–Crippen LogP) is 3.28. The summed E-state index contributed by atoms with van der Waals surface area (Å²) in [4.78, 5) is 13.3. The third kappa shape index (κ3) is 0.200. The molecule has 0 aromatic heterocycles. The monoisotopic (exact) mass is 401 g/mol. The first-order valence-electron chi connectivity index (χ1n) is 9.56. The van der Waals surface area contributed by atoms with Gasteiger partial charge in [0.15, 0.2) is 0 Å². The van der Waals surface area contributed by atoms with Crippen LogP contribution in [0.3, 0.4) is 0 Å². The van der Waals surface area contributed by atoms with Crippen molar-refractivity contribution in [3.8, 4) is 0 Å². The Balaban J connectivity index is 0.0000000889. The summed E-state index contributed by atoms with van der Waals surface area (Å²) in [6.45, 7) is 1.68. The van der Waals surface area contributed by atoms with Gasteiger partial charge in [-0.15, -0.1) is 0 Å². The van der Waals surface area contributed by atoms with Crippen molar-refractivity contribution in [3.63, 3.8) is 0 Å². The van der Waals surface area contributed by atoms with E-state index in [2.05, 4.69) is 12.7 Å². The maximum absolute atomic E-state index is 10.4. The Morgan fingerprint density at radius 2 is 1.44 bits per heavy atom. The van der Waals surface area contributed by atoms with Crippen molar-refractivity contribution < 1.29 is 25.2 Å². The molecule has 10 heterocycles. The fourth-order valence-corrected chi connectivity index (χ4v) is 94.9. The Kier molecular flexibility index (Phi) is 0.628. The molecule has 10 fully saturated rings. The number of benzene rings is 1. The molecule has 10 saturated heterocycles. The van der Waals surface area contributed by atoms with Gasteiger partial charge in [0.05, 0.1) is 4.90 Å². The van der Waals surface area contributed by atoms with E-state index in [1.54, 1.807) is 12.1 Å². The third-order valence-corrected chi connectivity index (χ3v) is 60.6. The largest absolute Gasteiger partial charge is 0.744 e. The topological polar surface area (TPSA) is 84.8 Å². The normalized spacial score (nSPS) is 86.0. The molecule has 1 aromatic carbocycles. The van der Waals surface area contributed by atoms with Gasteiger partial charge < -0.3 is 4.55 Å². The first-order chi connectivity index (χ1) is 11.5. The Bertz CT molecular complexity index is 1350. The zero-order chi connectivity index (χ0) is 17.1. The SMILES string of the molecule is CC([NH3+])[C]12[CH]3[CH]4[CH]5[CH]1[Fe]45321678[CH]2[CH]1[CH]6[CH]7[CH]28.Cc1ccc(S(=O)(=O)[O-])cc1. The summed E-state index contributed by atoms with van der Waals surface area (Å²) >= 11 is 0. The fourth-order valence-electron chi connectivity index (χ4n) is 18.5. The van der Waals surface area contributed by atoms with E-state index < -0.39 is 16.6 Å². The van der Waals surface area contributed by atoms with Crippen LogP contribution in [0.2, 0.25) is 47.7 Å². The first-order valence-corrected chi connectivity index (χ1v) is 17.3. The molecule has 3 N–H and O–H groups in total. The molecular formula is C19H23FeNO3S. The van der Waals surface area contributed by atoms with Gasteiger partial charge in [-0.1, -0.05) is 17.7 Å². The molecular weight excluding hydrogens is 378 g/mol. The van der Waals surface area contributed by atoms with Crippen molar-refractivity contribution in [3.05, 3.63) is 29.8 Å². The van der Waals surface area contributed by atoms with Crippen molar-refractivity contribution in [2.45, 2.75) is 72.4 Å². The fraction of sp³-hybridized carbons (Fsp3) is 0.684. The average molecular weight is 401 g/mol. The van der Waals surface area contributed by atoms with Crippen molar-refractivity contribution in [1.82, 2.24) is 0 Å². The minimum atomic E-state index is -4.27. The molecule has 0 saturated carbocycles. The quantitative estimate of drug-likeness (QED) is 0.610. The summed E-state index contributed by atoms with van der Waals surface area (Å²) in [6, 6.07) is 6.67. The Hall–Kier alpha value is -0.391. The van der Waals surface area contributed by atoms with Crippen LogP contribution in [0.25, 0.3) is 0 Å². The molecule has 0 bridgehead atoms. The van der Waals surface area contributed by atoms with Crippen molar-refractivity contribution >= 4 is 10.1 Å². The van der Waals surface area contributed by atoms with Crippen LogP contribution < -0.4 is 5.73 Å². The molecule has 5 atom stereocenters. The molecule has 6 heteroatoms. The van der Waals surface area contributed by atoms with E-state index in [1.165, 1.54) is 55.5 Å². The van der Waals surface area contributed by atoms with Crippen LogP contribution in [0.4, 0.5) is 0 Å². The van der Waals surface area contributed by atoms with Crippen LogP contribution in [0.1, 0.15) is 12.5 Å². The van der Waals surface area contributed by atoms with E-state index in [-0.39, 0.29) is 4.90 Å². The standard InChI is InChI=1S/C7H10N.C7H8O3S.C5H5.Fe/c1-6(8)7-4-2-3-5-7;1-6-2-4-7(5-3-6)11(8,9)10;1-2-4-5-3-1;/h2-6H,8H2,1H3;2-5H,1H3,(H,8,9,10);1-5H;. The van der Waals surface area contributed by atoms with Gasteiger partial charge in [-0.05, 0) is 19.1 Å². The number of rotatable bonds is 2. The maximum atomic E-state index is 10.4. The van der Waals surface area contributed by atoms with Gasteiger partial charge in [0.1, 0.15) is 10.1 Å². The van der Waals surface area contributed by atoms with E-state index in [0.29, 0.717) is 0 Å². The van der Waals surface area contributed by atoms with Crippen molar-refractivity contribution in [2.24, 2.45) is 0 Å². The van der Waals surface area contributed by atoms with Gasteiger partial charge in [-0.25, -0.2) is 8.42 Å². The molecule has 25 heavy (non-hydrogen) atoms.